The van der Waals surface area contributed by atoms with E-state index >= 15 is 0 Å². The van der Waals surface area contributed by atoms with Gasteiger partial charge in [0.2, 0.25) is 0 Å². The van der Waals surface area contributed by atoms with Crippen molar-refractivity contribution in [2.45, 2.75) is 31.7 Å². The molecule has 1 saturated heterocycles. The number of nitrogens with one attached hydrogen (secondary N) is 1. The van der Waals surface area contributed by atoms with E-state index in [4.69, 9.17) is 10.7 Å². The summed E-state index contributed by atoms with van der Waals surface area (Å²) in [7, 11) is 1.88. The van der Waals surface area contributed by atoms with Crippen LogP contribution in [0.3, 0.4) is 0 Å². The minimum absolute atomic E-state index is 0.0433. The van der Waals surface area contributed by atoms with Crippen molar-refractivity contribution in [1.82, 2.24) is 29.7 Å². The molecule has 1 aliphatic rings. The highest BCUT2D eigenvalue weighted by molar-refractivity contribution is 5.81. The lowest BCUT2D eigenvalue weighted by molar-refractivity contribution is -0.119. The minimum atomic E-state index is -0.0433. The summed E-state index contributed by atoms with van der Waals surface area (Å²) in [5, 5.41) is 11.9. The molecule has 25 heavy (non-hydrogen) atoms. The third-order valence-electron chi connectivity index (χ3n) is 4.86. The summed E-state index contributed by atoms with van der Waals surface area (Å²) in [6, 6.07) is 1.84. The molecule has 1 fully saturated rings. The molecule has 4 rings (SSSR count). The first-order valence-corrected chi connectivity index (χ1v) is 8.40. The number of anilines is 1. The van der Waals surface area contributed by atoms with Crippen molar-refractivity contribution in [1.29, 1.82) is 0 Å². The van der Waals surface area contributed by atoms with Gasteiger partial charge in [-0.15, -0.1) is 0 Å². The third kappa shape index (κ3) is 2.78. The van der Waals surface area contributed by atoms with Crippen molar-refractivity contribution in [3.05, 3.63) is 30.4 Å². The zero-order chi connectivity index (χ0) is 17.6. The molecule has 0 aliphatic carbocycles. The molecule has 3 aromatic heterocycles. The van der Waals surface area contributed by atoms with Gasteiger partial charge in [0.1, 0.15) is 11.6 Å². The molecule has 0 aromatic carbocycles. The number of piperidine rings is 1. The van der Waals surface area contributed by atoms with Crippen molar-refractivity contribution in [3.63, 3.8) is 0 Å². The molecule has 2 atom stereocenters. The van der Waals surface area contributed by atoms with Crippen molar-refractivity contribution in [2.75, 3.05) is 12.3 Å². The highest BCUT2D eigenvalue weighted by Crippen LogP contribution is 2.29. The zero-order valence-corrected chi connectivity index (χ0v) is 14.3. The standard InChI is InChI=1S/C17H21N7O/c1-10(25)14-4-3-11(6-19-14)15-5-16(18)24-17(22-15)13(8-21-24)12-7-20-23(2)9-12/h5,7-9,11,14,19H,3-4,6,18H2,1-2H3/t11-,14-/m0/s1. The Kier molecular flexibility index (Phi) is 3.76. The minimum Gasteiger partial charge on any atom is -0.384 e. The van der Waals surface area contributed by atoms with Crippen LogP contribution < -0.4 is 11.1 Å². The number of carbonyl (C=O) groups is 1. The van der Waals surface area contributed by atoms with Gasteiger partial charge in [-0.05, 0) is 19.8 Å². The third-order valence-corrected chi connectivity index (χ3v) is 4.86. The summed E-state index contributed by atoms with van der Waals surface area (Å²) in [5.74, 6) is 0.986. The summed E-state index contributed by atoms with van der Waals surface area (Å²) in [6.45, 7) is 2.36. The summed E-state index contributed by atoms with van der Waals surface area (Å²) < 4.78 is 3.40. The number of hydrogen-bond acceptors (Lipinski definition) is 6. The molecule has 3 aromatic rings. The molecule has 0 amide bonds. The highest BCUT2D eigenvalue weighted by atomic mass is 16.1. The normalized spacial score (nSPS) is 20.9. The molecule has 1 aliphatic heterocycles. The molecule has 3 N–H and O–H groups in total. The van der Waals surface area contributed by atoms with Crippen molar-refractivity contribution >= 4 is 17.2 Å². The van der Waals surface area contributed by atoms with Crippen LogP contribution >= 0.6 is 0 Å². The number of nitrogen functional groups attached to an aromatic ring is 1. The number of carbonyl (C=O) groups excluding carboxylic acids is 1. The predicted octanol–water partition coefficient (Wildman–Crippen LogP) is 1.14. The number of aromatic nitrogens is 5. The number of nitrogens with two attached hydrogens (primary N) is 1. The maximum absolute atomic E-state index is 11.5. The zero-order valence-electron chi connectivity index (χ0n) is 14.3. The molecular formula is C17H21N7O. The smallest absolute Gasteiger partial charge is 0.165 e. The maximum atomic E-state index is 11.5. The molecule has 8 heteroatoms. The first-order chi connectivity index (χ1) is 12.0. The van der Waals surface area contributed by atoms with Crippen LogP contribution in [-0.4, -0.2) is 42.7 Å². The van der Waals surface area contributed by atoms with Crippen molar-refractivity contribution in [2.24, 2.45) is 7.05 Å². The summed E-state index contributed by atoms with van der Waals surface area (Å²) in [4.78, 5) is 16.4. The van der Waals surface area contributed by atoms with Crippen molar-refractivity contribution < 1.29 is 4.79 Å². The lowest BCUT2D eigenvalue weighted by Gasteiger charge is -2.28. The molecule has 4 heterocycles. The van der Waals surface area contributed by atoms with Crippen LogP contribution in [0.4, 0.5) is 5.82 Å². The number of nitrogens with zero attached hydrogens (tertiary/aromatic N) is 5. The number of Topliss-reactive ketones (excluding diaryl/α,β-unsaturated/α-hetero) is 1. The van der Waals surface area contributed by atoms with E-state index < -0.39 is 0 Å². The van der Waals surface area contributed by atoms with E-state index in [0.29, 0.717) is 5.82 Å². The fourth-order valence-corrected chi connectivity index (χ4v) is 3.43. The predicted molar refractivity (Wildman–Crippen MR) is 94.0 cm³/mol. The Bertz CT molecular complexity index is 934. The Labute approximate surface area is 145 Å². The number of aryl methyl sites for hydroxylation is 1. The molecule has 8 nitrogen and oxygen atoms in total. The first kappa shape index (κ1) is 15.8. The quantitative estimate of drug-likeness (QED) is 0.742. The van der Waals surface area contributed by atoms with E-state index in [-0.39, 0.29) is 17.7 Å². The highest BCUT2D eigenvalue weighted by Gasteiger charge is 2.26. The SMILES string of the molecule is CC(=O)[C@@H]1CC[C@H](c2cc(N)n3ncc(-c4cnn(C)c4)c3n2)CN1. The summed E-state index contributed by atoms with van der Waals surface area (Å²) in [5.41, 5.74) is 9.74. The Balaban J connectivity index is 1.70. The van der Waals surface area contributed by atoms with E-state index in [1.165, 1.54) is 0 Å². The molecule has 0 bridgehead atoms. The number of fused-ring (bicyclic) bond motifs is 1. The van der Waals surface area contributed by atoms with Crippen molar-refractivity contribution in [3.8, 4) is 11.1 Å². The second kappa shape index (κ2) is 5.96. The first-order valence-electron chi connectivity index (χ1n) is 8.40. The van der Waals surface area contributed by atoms with Gasteiger partial charge in [0.15, 0.2) is 5.65 Å². The van der Waals surface area contributed by atoms with Gasteiger partial charge in [-0.3, -0.25) is 9.48 Å². The van der Waals surface area contributed by atoms with Gasteiger partial charge >= 0.3 is 0 Å². The van der Waals surface area contributed by atoms with Crippen LogP contribution in [0.25, 0.3) is 16.8 Å². The summed E-state index contributed by atoms with van der Waals surface area (Å²) >= 11 is 0. The average Bonchev–Trinajstić information content (AvgIpc) is 3.21. The van der Waals surface area contributed by atoms with Crippen LogP contribution in [0.15, 0.2) is 24.7 Å². The van der Waals surface area contributed by atoms with Gasteiger partial charge in [-0.25, -0.2) is 4.98 Å². The summed E-state index contributed by atoms with van der Waals surface area (Å²) in [6.07, 6.45) is 7.23. The van der Waals surface area contributed by atoms with E-state index in [1.54, 1.807) is 28.5 Å². The Morgan fingerprint density at radius 3 is 2.80 bits per heavy atom. The molecule has 0 saturated carbocycles. The van der Waals surface area contributed by atoms with Gasteiger partial charge in [-0.2, -0.15) is 14.7 Å². The maximum Gasteiger partial charge on any atom is 0.165 e. The number of hydrogen-bond donors (Lipinski definition) is 2. The lowest BCUT2D eigenvalue weighted by Crippen LogP contribution is -2.42. The van der Waals surface area contributed by atoms with E-state index in [2.05, 4.69) is 15.5 Å². The fraction of sp³-hybridized carbons (Fsp3) is 0.412. The lowest BCUT2D eigenvalue weighted by atomic mass is 9.90. The van der Waals surface area contributed by atoms with Crippen LogP contribution in [0.2, 0.25) is 0 Å². The van der Waals surface area contributed by atoms with Crippen LogP contribution in [0.5, 0.6) is 0 Å². The molecule has 0 unspecified atom stereocenters. The molecule has 0 spiro atoms. The number of ketones is 1. The largest absolute Gasteiger partial charge is 0.384 e. The van der Waals surface area contributed by atoms with Gasteiger partial charge in [0, 0.05) is 42.9 Å². The van der Waals surface area contributed by atoms with E-state index in [9.17, 15) is 4.79 Å². The van der Waals surface area contributed by atoms with Gasteiger partial charge < -0.3 is 11.1 Å². The second-order valence-electron chi connectivity index (χ2n) is 6.65. The Morgan fingerprint density at radius 1 is 1.32 bits per heavy atom. The van der Waals surface area contributed by atoms with Gasteiger partial charge in [0.25, 0.3) is 0 Å². The second-order valence-corrected chi connectivity index (χ2v) is 6.65. The number of rotatable bonds is 3. The monoisotopic (exact) mass is 339 g/mol. The van der Waals surface area contributed by atoms with E-state index in [1.807, 2.05) is 19.3 Å². The topological polar surface area (TPSA) is 103 Å². The Hall–Kier alpha value is -2.74. The average molecular weight is 339 g/mol. The van der Waals surface area contributed by atoms with Crippen LogP contribution in [0.1, 0.15) is 31.4 Å². The molecule has 0 radical (unpaired) electrons. The van der Waals surface area contributed by atoms with Gasteiger partial charge in [0.05, 0.1) is 24.1 Å². The van der Waals surface area contributed by atoms with Crippen LogP contribution in [-0.2, 0) is 11.8 Å². The fourth-order valence-electron chi connectivity index (χ4n) is 3.43. The Morgan fingerprint density at radius 2 is 2.16 bits per heavy atom. The van der Waals surface area contributed by atoms with Gasteiger partial charge in [-0.1, -0.05) is 0 Å². The molecular weight excluding hydrogens is 318 g/mol. The van der Waals surface area contributed by atoms with Crippen LogP contribution in [0, 0.1) is 0 Å². The van der Waals surface area contributed by atoms with E-state index in [0.717, 1.165) is 41.9 Å². The molecule has 130 valence electrons.